The molecular formula is C11H14N4O2. The quantitative estimate of drug-likeness (QED) is 0.793. The molecule has 2 heterocycles. The number of rotatable bonds is 3. The molecule has 6 heteroatoms. The van der Waals surface area contributed by atoms with Gasteiger partial charge in [0.1, 0.15) is 12.3 Å². The van der Waals surface area contributed by atoms with Crippen molar-refractivity contribution in [2.75, 3.05) is 5.73 Å². The van der Waals surface area contributed by atoms with E-state index in [9.17, 15) is 4.79 Å². The number of hydrogen-bond acceptors (Lipinski definition) is 4. The second kappa shape index (κ2) is 4.32. The van der Waals surface area contributed by atoms with Crippen molar-refractivity contribution < 1.29 is 9.53 Å². The molecule has 0 saturated heterocycles. The molecule has 0 fully saturated rings. The topological polar surface area (TPSA) is 75.1 Å². The van der Waals surface area contributed by atoms with Crippen LogP contribution in [-0.2, 0) is 25.4 Å². The maximum absolute atomic E-state index is 11.7. The molecule has 0 unspecified atom stereocenters. The Morgan fingerprint density at radius 2 is 2.29 bits per heavy atom. The number of ether oxygens (including phenoxy) is 1. The SMILES string of the molecule is Cn1ccc(COC(=O)c2cc(N)cn2C)n1. The summed E-state index contributed by atoms with van der Waals surface area (Å²) in [7, 11) is 3.55. The van der Waals surface area contributed by atoms with Gasteiger partial charge in [0.15, 0.2) is 0 Å². The summed E-state index contributed by atoms with van der Waals surface area (Å²) in [6.45, 7) is 0.157. The number of anilines is 1. The normalized spacial score (nSPS) is 10.5. The van der Waals surface area contributed by atoms with Gasteiger partial charge in [0, 0.05) is 26.5 Å². The first-order chi connectivity index (χ1) is 8.06. The molecule has 2 aromatic heterocycles. The molecule has 0 aliphatic carbocycles. The Morgan fingerprint density at radius 1 is 1.53 bits per heavy atom. The predicted molar refractivity (Wildman–Crippen MR) is 62.2 cm³/mol. The van der Waals surface area contributed by atoms with Crippen molar-refractivity contribution in [2.24, 2.45) is 14.1 Å². The highest BCUT2D eigenvalue weighted by Gasteiger charge is 2.12. The molecule has 6 nitrogen and oxygen atoms in total. The van der Waals surface area contributed by atoms with Crippen LogP contribution in [0.5, 0.6) is 0 Å². The highest BCUT2D eigenvalue weighted by molar-refractivity contribution is 5.89. The lowest BCUT2D eigenvalue weighted by Crippen LogP contribution is -2.09. The van der Waals surface area contributed by atoms with E-state index in [1.54, 1.807) is 40.8 Å². The summed E-state index contributed by atoms with van der Waals surface area (Å²) in [6, 6.07) is 3.38. The summed E-state index contributed by atoms with van der Waals surface area (Å²) < 4.78 is 8.42. The third-order valence-corrected chi connectivity index (χ3v) is 2.36. The number of nitrogens with two attached hydrogens (primary N) is 1. The Bertz CT molecular complexity index is 541. The minimum Gasteiger partial charge on any atom is -0.454 e. The van der Waals surface area contributed by atoms with Gasteiger partial charge in [-0.25, -0.2) is 4.79 Å². The van der Waals surface area contributed by atoms with Crippen LogP contribution in [0.15, 0.2) is 24.5 Å². The molecular weight excluding hydrogens is 220 g/mol. The van der Waals surface area contributed by atoms with Crippen molar-refractivity contribution in [3.63, 3.8) is 0 Å². The Hall–Kier alpha value is -2.24. The number of hydrogen-bond donors (Lipinski definition) is 1. The zero-order valence-electron chi connectivity index (χ0n) is 9.75. The maximum atomic E-state index is 11.7. The van der Waals surface area contributed by atoms with Crippen molar-refractivity contribution in [1.29, 1.82) is 0 Å². The van der Waals surface area contributed by atoms with E-state index >= 15 is 0 Å². The minimum absolute atomic E-state index is 0.157. The lowest BCUT2D eigenvalue weighted by molar-refractivity contribution is 0.0456. The summed E-state index contributed by atoms with van der Waals surface area (Å²) >= 11 is 0. The van der Waals surface area contributed by atoms with Crippen LogP contribution >= 0.6 is 0 Å². The number of aryl methyl sites for hydroxylation is 2. The van der Waals surface area contributed by atoms with Gasteiger partial charge in [-0.2, -0.15) is 5.10 Å². The highest BCUT2D eigenvalue weighted by Crippen LogP contribution is 2.10. The van der Waals surface area contributed by atoms with Crippen LogP contribution in [-0.4, -0.2) is 20.3 Å². The maximum Gasteiger partial charge on any atom is 0.355 e. The first kappa shape index (κ1) is 11.3. The average Bonchev–Trinajstić information content (AvgIpc) is 2.81. The minimum atomic E-state index is -0.408. The van der Waals surface area contributed by atoms with Crippen LogP contribution in [0.2, 0.25) is 0 Å². The van der Waals surface area contributed by atoms with Gasteiger partial charge in [-0.05, 0) is 12.1 Å². The van der Waals surface area contributed by atoms with Gasteiger partial charge in [-0.1, -0.05) is 0 Å². The molecule has 0 amide bonds. The van der Waals surface area contributed by atoms with E-state index in [4.69, 9.17) is 10.5 Å². The molecule has 90 valence electrons. The van der Waals surface area contributed by atoms with Gasteiger partial charge in [0.05, 0.1) is 11.4 Å². The van der Waals surface area contributed by atoms with Crippen LogP contribution in [0.4, 0.5) is 5.69 Å². The van der Waals surface area contributed by atoms with Crippen molar-refractivity contribution in [3.05, 3.63) is 35.9 Å². The number of nitrogens with zero attached hydrogens (tertiary/aromatic N) is 3. The molecule has 0 saturated carbocycles. The van der Waals surface area contributed by atoms with E-state index in [0.717, 1.165) is 0 Å². The second-order valence-electron chi connectivity index (χ2n) is 3.83. The van der Waals surface area contributed by atoms with Crippen molar-refractivity contribution >= 4 is 11.7 Å². The number of carbonyl (C=O) groups is 1. The summed E-state index contributed by atoms with van der Waals surface area (Å²) in [4.78, 5) is 11.7. The Labute approximate surface area is 98.6 Å². The standard InChI is InChI=1S/C11H14N4O2/c1-14-6-8(12)5-10(14)11(16)17-7-9-3-4-15(2)13-9/h3-6H,7,12H2,1-2H3. The van der Waals surface area contributed by atoms with Gasteiger partial charge in [-0.3, -0.25) is 4.68 Å². The lowest BCUT2D eigenvalue weighted by atomic mass is 10.4. The zero-order valence-corrected chi connectivity index (χ0v) is 9.75. The van der Waals surface area contributed by atoms with Crippen molar-refractivity contribution in [2.45, 2.75) is 6.61 Å². The fourth-order valence-electron chi connectivity index (χ4n) is 1.55. The first-order valence-electron chi connectivity index (χ1n) is 5.14. The third-order valence-electron chi connectivity index (χ3n) is 2.36. The van der Waals surface area contributed by atoms with Crippen molar-refractivity contribution in [1.82, 2.24) is 14.3 Å². The van der Waals surface area contributed by atoms with Crippen LogP contribution in [0.1, 0.15) is 16.2 Å². The number of nitrogen functional groups attached to an aromatic ring is 1. The van der Waals surface area contributed by atoms with E-state index in [1.165, 1.54) is 0 Å². The molecule has 0 radical (unpaired) electrons. The highest BCUT2D eigenvalue weighted by atomic mass is 16.5. The Balaban J connectivity index is 2.00. The Morgan fingerprint density at radius 3 is 2.82 bits per heavy atom. The van der Waals surface area contributed by atoms with Crippen molar-refractivity contribution in [3.8, 4) is 0 Å². The van der Waals surface area contributed by atoms with Gasteiger partial charge in [0.2, 0.25) is 0 Å². The van der Waals surface area contributed by atoms with Gasteiger partial charge in [0.25, 0.3) is 0 Å². The van der Waals surface area contributed by atoms with Crippen LogP contribution in [0, 0.1) is 0 Å². The van der Waals surface area contributed by atoms with Crippen LogP contribution in [0.3, 0.4) is 0 Å². The molecule has 2 N–H and O–H groups in total. The van der Waals surface area contributed by atoms with E-state index in [1.807, 2.05) is 7.05 Å². The number of esters is 1. The monoisotopic (exact) mass is 234 g/mol. The fourth-order valence-corrected chi connectivity index (χ4v) is 1.55. The largest absolute Gasteiger partial charge is 0.454 e. The van der Waals surface area contributed by atoms with Gasteiger partial charge in [-0.15, -0.1) is 0 Å². The molecule has 2 aromatic rings. The third kappa shape index (κ3) is 2.47. The summed E-state index contributed by atoms with van der Waals surface area (Å²) in [5.74, 6) is -0.408. The van der Waals surface area contributed by atoms with E-state index in [-0.39, 0.29) is 6.61 Å². The van der Waals surface area contributed by atoms with Crippen LogP contribution in [0.25, 0.3) is 0 Å². The van der Waals surface area contributed by atoms with Gasteiger partial charge < -0.3 is 15.0 Å². The summed E-state index contributed by atoms with van der Waals surface area (Å²) in [5.41, 5.74) is 7.26. The molecule has 17 heavy (non-hydrogen) atoms. The number of carbonyl (C=O) groups excluding carboxylic acids is 1. The zero-order chi connectivity index (χ0) is 12.4. The summed E-state index contributed by atoms with van der Waals surface area (Å²) in [6.07, 6.45) is 3.46. The van der Waals surface area contributed by atoms with E-state index in [0.29, 0.717) is 17.1 Å². The van der Waals surface area contributed by atoms with Crippen LogP contribution < -0.4 is 5.73 Å². The average molecular weight is 234 g/mol. The first-order valence-corrected chi connectivity index (χ1v) is 5.14. The molecule has 2 rings (SSSR count). The molecule has 0 spiro atoms. The number of aromatic nitrogens is 3. The molecule has 0 aliphatic rings. The lowest BCUT2D eigenvalue weighted by Gasteiger charge is -2.03. The molecule has 0 bridgehead atoms. The van der Waals surface area contributed by atoms with E-state index < -0.39 is 5.97 Å². The summed E-state index contributed by atoms with van der Waals surface area (Å²) in [5, 5.41) is 4.11. The molecule has 0 aromatic carbocycles. The second-order valence-corrected chi connectivity index (χ2v) is 3.83. The predicted octanol–water partition coefficient (Wildman–Crippen LogP) is 0.698. The Kier molecular flexibility index (Phi) is 2.86. The smallest absolute Gasteiger partial charge is 0.355 e. The van der Waals surface area contributed by atoms with E-state index in [2.05, 4.69) is 5.10 Å². The molecule has 0 aliphatic heterocycles. The van der Waals surface area contributed by atoms with Gasteiger partial charge >= 0.3 is 5.97 Å². The molecule has 0 atom stereocenters. The fraction of sp³-hybridized carbons (Fsp3) is 0.273.